The van der Waals surface area contributed by atoms with Gasteiger partial charge in [0.15, 0.2) is 0 Å². The molecule has 2 amide bonds. The Morgan fingerprint density at radius 1 is 0.889 bits per heavy atom. The number of thioether (sulfide) groups is 1. The Bertz CT molecular complexity index is 928. The highest BCUT2D eigenvalue weighted by Gasteiger charge is 2.15. The fraction of sp³-hybridized carbons (Fsp3) is 0.182. The molecule has 0 aliphatic carbocycles. The molecule has 0 atom stereocenters. The zero-order valence-electron chi connectivity index (χ0n) is 15.0. The molecule has 2 N–H and O–H groups in total. The quantitative estimate of drug-likeness (QED) is 0.606. The van der Waals surface area contributed by atoms with Crippen molar-refractivity contribution >= 4 is 34.3 Å². The topological polar surface area (TPSA) is 63.4 Å². The Kier molecular flexibility index (Phi) is 6.49. The normalized spacial score (nSPS) is 10.7. The van der Waals surface area contributed by atoms with E-state index in [1.807, 2.05) is 48.5 Å². The summed E-state index contributed by atoms with van der Waals surface area (Å²) in [5.74, 6) is -0.0782. The summed E-state index contributed by atoms with van der Waals surface area (Å²) in [7, 11) is 0. The van der Waals surface area contributed by atoms with Gasteiger partial charge in [-0.15, -0.1) is 11.8 Å². The lowest BCUT2D eigenvalue weighted by Gasteiger charge is -2.22. The lowest BCUT2D eigenvalue weighted by Crippen LogP contribution is -2.34. The van der Waals surface area contributed by atoms with Gasteiger partial charge in [0.1, 0.15) is 0 Å². The van der Waals surface area contributed by atoms with Crippen LogP contribution in [0.5, 0.6) is 0 Å². The number of carbonyl (C=O) groups excluding carboxylic acids is 2. The molecule has 5 heteroatoms. The summed E-state index contributed by atoms with van der Waals surface area (Å²) in [4.78, 5) is 26.7. The molecule has 0 radical (unpaired) electrons. The number of rotatable bonds is 8. The summed E-state index contributed by atoms with van der Waals surface area (Å²) in [5.41, 5.74) is 6.30. The van der Waals surface area contributed by atoms with E-state index >= 15 is 0 Å². The molecule has 3 aromatic rings. The molecule has 0 aromatic heterocycles. The van der Waals surface area contributed by atoms with Crippen molar-refractivity contribution in [3.05, 3.63) is 78.4 Å². The fourth-order valence-electron chi connectivity index (χ4n) is 2.83. The molecule has 0 unspecified atom stereocenters. The number of fused-ring (bicyclic) bond motifs is 1. The first-order valence-electron chi connectivity index (χ1n) is 8.83. The third kappa shape index (κ3) is 5.59. The smallest absolute Gasteiger partial charge is 0.233 e. The number of benzene rings is 3. The Morgan fingerprint density at radius 2 is 1.59 bits per heavy atom. The third-order valence-electron chi connectivity index (χ3n) is 4.28. The Morgan fingerprint density at radius 3 is 2.33 bits per heavy atom. The van der Waals surface area contributed by atoms with Crippen LogP contribution in [0.3, 0.4) is 0 Å². The van der Waals surface area contributed by atoms with Crippen molar-refractivity contribution in [1.82, 2.24) is 4.90 Å². The largest absolute Gasteiger partial charge is 0.370 e. The van der Waals surface area contributed by atoms with Gasteiger partial charge < -0.3 is 10.6 Å². The van der Waals surface area contributed by atoms with E-state index in [-0.39, 0.29) is 12.3 Å². The molecule has 27 heavy (non-hydrogen) atoms. The first-order chi connectivity index (χ1) is 13.1. The molecule has 0 aliphatic rings. The van der Waals surface area contributed by atoms with E-state index < -0.39 is 5.91 Å². The van der Waals surface area contributed by atoms with E-state index in [2.05, 4.69) is 24.3 Å². The number of amides is 2. The van der Waals surface area contributed by atoms with Crippen LogP contribution in [0.15, 0.2) is 77.7 Å². The summed E-state index contributed by atoms with van der Waals surface area (Å²) in [5, 5.41) is 2.34. The highest BCUT2D eigenvalue weighted by molar-refractivity contribution is 8.00. The van der Waals surface area contributed by atoms with Crippen LogP contribution < -0.4 is 5.73 Å². The second kappa shape index (κ2) is 9.24. The highest BCUT2D eigenvalue weighted by Crippen LogP contribution is 2.24. The average molecular weight is 378 g/mol. The number of hydrogen-bond acceptors (Lipinski definition) is 3. The average Bonchev–Trinajstić information content (AvgIpc) is 2.69. The van der Waals surface area contributed by atoms with Gasteiger partial charge in [0.05, 0.1) is 5.75 Å². The first-order valence-corrected chi connectivity index (χ1v) is 9.82. The number of nitrogens with zero attached hydrogens (tertiary/aromatic N) is 1. The minimum absolute atomic E-state index is 0.00161. The van der Waals surface area contributed by atoms with Gasteiger partial charge >= 0.3 is 0 Å². The Balaban J connectivity index is 1.65. The zero-order chi connectivity index (χ0) is 19.1. The molecule has 0 bridgehead atoms. The molecular formula is C22H22N2O2S. The Labute approximate surface area is 163 Å². The van der Waals surface area contributed by atoms with Crippen molar-refractivity contribution in [1.29, 1.82) is 0 Å². The van der Waals surface area contributed by atoms with Crippen LogP contribution >= 0.6 is 11.8 Å². The van der Waals surface area contributed by atoms with Crippen molar-refractivity contribution < 1.29 is 9.59 Å². The minimum atomic E-state index is -0.400. The third-order valence-corrected chi connectivity index (χ3v) is 5.26. The van der Waals surface area contributed by atoms with Crippen molar-refractivity contribution in [2.45, 2.75) is 17.9 Å². The van der Waals surface area contributed by atoms with E-state index in [9.17, 15) is 9.59 Å². The molecule has 0 saturated heterocycles. The molecule has 0 saturated carbocycles. The molecule has 0 heterocycles. The summed E-state index contributed by atoms with van der Waals surface area (Å²) in [6.45, 7) is 0.812. The van der Waals surface area contributed by atoms with Gasteiger partial charge in [-0.3, -0.25) is 9.59 Å². The van der Waals surface area contributed by atoms with Crippen LogP contribution in [0.2, 0.25) is 0 Å². The van der Waals surface area contributed by atoms with Gasteiger partial charge in [-0.2, -0.15) is 0 Å². The minimum Gasteiger partial charge on any atom is -0.370 e. The number of primary amides is 1. The number of hydrogen-bond donors (Lipinski definition) is 1. The second-order valence-electron chi connectivity index (χ2n) is 6.31. The van der Waals surface area contributed by atoms with Gasteiger partial charge in [0.25, 0.3) is 0 Å². The monoisotopic (exact) mass is 378 g/mol. The second-order valence-corrected chi connectivity index (χ2v) is 7.36. The molecule has 4 nitrogen and oxygen atoms in total. The van der Waals surface area contributed by atoms with E-state index in [1.165, 1.54) is 17.1 Å². The van der Waals surface area contributed by atoms with Crippen LogP contribution in [0.25, 0.3) is 10.8 Å². The van der Waals surface area contributed by atoms with Gasteiger partial charge in [0.2, 0.25) is 11.8 Å². The molecule has 3 aromatic carbocycles. The lowest BCUT2D eigenvalue weighted by atomic mass is 10.1. The molecule has 138 valence electrons. The maximum Gasteiger partial charge on any atom is 0.233 e. The molecule has 0 fully saturated rings. The van der Waals surface area contributed by atoms with Crippen molar-refractivity contribution in [3.63, 3.8) is 0 Å². The van der Waals surface area contributed by atoms with Gasteiger partial charge in [-0.25, -0.2) is 0 Å². The maximum absolute atomic E-state index is 12.8. The number of carbonyl (C=O) groups is 2. The summed E-state index contributed by atoms with van der Waals surface area (Å²) >= 11 is 1.51. The summed E-state index contributed by atoms with van der Waals surface area (Å²) in [6, 6.07) is 24.1. The van der Waals surface area contributed by atoms with Gasteiger partial charge in [-0.05, 0) is 28.5 Å². The van der Waals surface area contributed by atoms with Crippen LogP contribution in [0, 0.1) is 0 Å². The van der Waals surface area contributed by atoms with Crippen LogP contribution in [0.1, 0.15) is 12.0 Å². The van der Waals surface area contributed by atoms with E-state index in [4.69, 9.17) is 5.73 Å². The van der Waals surface area contributed by atoms with Crippen molar-refractivity contribution in [2.75, 3.05) is 12.3 Å². The summed E-state index contributed by atoms with van der Waals surface area (Å²) in [6.07, 6.45) is 0.166. The Hall–Kier alpha value is -2.79. The summed E-state index contributed by atoms with van der Waals surface area (Å²) < 4.78 is 0. The van der Waals surface area contributed by atoms with Crippen LogP contribution in [-0.4, -0.2) is 29.0 Å². The van der Waals surface area contributed by atoms with E-state index in [0.29, 0.717) is 18.8 Å². The molecule has 0 aliphatic heterocycles. The first kappa shape index (κ1) is 19.0. The van der Waals surface area contributed by atoms with Gasteiger partial charge in [0, 0.05) is 24.4 Å². The predicted molar refractivity (Wildman–Crippen MR) is 110 cm³/mol. The lowest BCUT2D eigenvalue weighted by molar-refractivity contribution is -0.129. The van der Waals surface area contributed by atoms with E-state index in [0.717, 1.165) is 15.8 Å². The molecule has 0 spiro atoms. The fourth-order valence-corrected chi connectivity index (χ4v) is 3.68. The predicted octanol–water partition coefficient (Wildman–Crippen LogP) is 3.84. The molecule has 3 rings (SSSR count). The molecular weight excluding hydrogens is 356 g/mol. The zero-order valence-corrected chi connectivity index (χ0v) is 15.8. The van der Waals surface area contributed by atoms with Crippen LogP contribution in [0.4, 0.5) is 0 Å². The highest BCUT2D eigenvalue weighted by atomic mass is 32.2. The van der Waals surface area contributed by atoms with Crippen molar-refractivity contribution in [2.24, 2.45) is 5.73 Å². The van der Waals surface area contributed by atoms with Crippen LogP contribution in [-0.2, 0) is 16.1 Å². The maximum atomic E-state index is 12.8. The van der Waals surface area contributed by atoms with E-state index in [1.54, 1.807) is 4.90 Å². The van der Waals surface area contributed by atoms with Crippen molar-refractivity contribution in [3.8, 4) is 0 Å². The number of nitrogens with two attached hydrogens (primary N) is 1. The SMILES string of the molecule is NC(=O)CCN(Cc1ccccc1)C(=O)CSc1ccc2ccccc2c1. The van der Waals surface area contributed by atoms with Gasteiger partial charge in [-0.1, -0.05) is 60.7 Å². The standard InChI is InChI=1S/C22H22N2O2S/c23-21(25)12-13-24(15-17-6-2-1-3-7-17)22(26)16-27-20-11-10-18-8-4-5-9-19(18)14-20/h1-11,14H,12-13,15-16H2,(H2,23,25).